The molecule has 3 aromatic carbocycles. The van der Waals surface area contributed by atoms with Crippen LogP contribution in [0.2, 0.25) is 0 Å². The fourth-order valence-electron chi connectivity index (χ4n) is 3.91. The second-order valence-electron chi connectivity index (χ2n) is 8.23. The van der Waals surface area contributed by atoms with Crippen LogP contribution in [-0.4, -0.2) is 12.3 Å². The topological polar surface area (TPSA) is 21.6 Å². The molecule has 162 valence electrons. The SMILES string of the molecule is C/C(=N\c1ccccc1)c1cccc(C)c1Pc1cccc(C)c1OCC1C=CC=CC1. The maximum atomic E-state index is 6.41. The molecule has 0 spiro atoms. The van der Waals surface area contributed by atoms with Gasteiger partial charge in [0.25, 0.3) is 0 Å². The van der Waals surface area contributed by atoms with Crippen molar-refractivity contribution in [2.75, 3.05) is 6.61 Å². The molecule has 2 unspecified atom stereocenters. The minimum absolute atomic E-state index is 0.435. The van der Waals surface area contributed by atoms with E-state index in [1.807, 2.05) is 30.3 Å². The summed E-state index contributed by atoms with van der Waals surface area (Å²) in [5.74, 6) is 1.46. The van der Waals surface area contributed by atoms with Gasteiger partial charge in [-0.25, -0.2) is 0 Å². The molecule has 2 nitrogen and oxygen atoms in total. The van der Waals surface area contributed by atoms with Crippen LogP contribution in [0.15, 0.2) is 96.0 Å². The molecule has 32 heavy (non-hydrogen) atoms. The van der Waals surface area contributed by atoms with Crippen molar-refractivity contribution in [3.05, 3.63) is 108 Å². The number of ether oxygens (including phenoxy) is 1. The summed E-state index contributed by atoms with van der Waals surface area (Å²) in [7, 11) is 0.504. The van der Waals surface area contributed by atoms with E-state index in [0.717, 1.165) is 23.6 Å². The Bertz CT molecular complexity index is 1160. The zero-order valence-electron chi connectivity index (χ0n) is 19.0. The Morgan fingerprint density at radius 1 is 0.938 bits per heavy atom. The molecule has 2 atom stereocenters. The first kappa shape index (κ1) is 22.2. The predicted octanol–water partition coefficient (Wildman–Crippen LogP) is 6.58. The van der Waals surface area contributed by atoms with E-state index in [1.54, 1.807) is 0 Å². The molecule has 0 radical (unpaired) electrons. The van der Waals surface area contributed by atoms with E-state index in [4.69, 9.17) is 9.73 Å². The quantitative estimate of drug-likeness (QED) is 0.301. The maximum Gasteiger partial charge on any atom is 0.129 e. The fraction of sp³-hybridized carbons (Fsp3) is 0.207. The summed E-state index contributed by atoms with van der Waals surface area (Å²) in [6.45, 7) is 7.14. The van der Waals surface area contributed by atoms with Crippen molar-refractivity contribution in [2.45, 2.75) is 27.2 Å². The highest BCUT2D eigenvalue weighted by Gasteiger charge is 2.15. The number of nitrogens with zero attached hydrogens (tertiary/aromatic N) is 1. The van der Waals surface area contributed by atoms with Crippen molar-refractivity contribution in [3.8, 4) is 5.75 Å². The lowest BCUT2D eigenvalue weighted by Crippen LogP contribution is -2.19. The minimum atomic E-state index is 0.435. The van der Waals surface area contributed by atoms with Gasteiger partial charge in [-0.3, -0.25) is 4.99 Å². The number of aryl methyl sites for hydroxylation is 2. The first-order chi connectivity index (χ1) is 15.6. The Kier molecular flexibility index (Phi) is 7.35. The van der Waals surface area contributed by atoms with E-state index in [-0.39, 0.29) is 0 Å². The Morgan fingerprint density at radius 3 is 2.50 bits per heavy atom. The molecule has 0 aliphatic heterocycles. The number of benzene rings is 3. The van der Waals surface area contributed by atoms with Gasteiger partial charge in [-0.1, -0.05) is 87.5 Å². The lowest BCUT2D eigenvalue weighted by atomic mass is 10.0. The molecular formula is C29H30NOP. The zero-order valence-corrected chi connectivity index (χ0v) is 20.0. The molecule has 1 aliphatic rings. The molecule has 0 amide bonds. The lowest BCUT2D eigenvalue weighted by molar-refractivity contribution is 0.276. The van der Waals surface area contributed by atoms with Crippen LogP contribution in [0.3, 0.4) is 0 Å². The summed E-state index contributed by atoms with van der Waals surface area (Å²) in [6.07, 6.45) is 9.71. The van der Waals surface area contributed by atoms with Gasteiger partial charge in [0.15, 0.2) is 0 Å². The average Bonchev–Trinajstić information content (AvgIpc) is 2.81. The smallest absolute Gasteiger partial charge is 0.129 e. The van der Waals surface area contributed by atoms with Crippen molar-refractivity contribution in [1.29, 1.82) is 0 Å². The monoisotopic (exact) mass is 439 g/mol. The molecule has 0 saturated heterocycles. The normalized spacial score (nSPS) is 16.1. The highest BCUT2D eigenvalue weighted by Crippen LogP contribution is 2.27. The molecule has 0 heterocycles. The molecule has 0 aromatic heterocycles. The standard InChI is InChI=1S/C29H30NOP/c1-21-12-11-19-27(28(21)31-20-24-14-6-4-7-15-24)32-29-22(2)13-10-18-26(29)23(3)30-25-16-8-5-9-17-25/h4-14,16-19,24,32H,15,20H2,1-3H3/b30-23+. The lowest BCUT2D eigenvalue weighted by Gasteiger charge is -2.20. The van der Waals surface area contributed by atoms with E-state index in [1.165, 1.54) is 27.3 Å². The third kappa shape index (κ3) is 5.44. The minimum Gasteiger partial charge on any atom is -0.492 e. The number of rotatable bonds is 7. The molecule has 0 bridgehead atoms. The molecule has 0 N–H and O–H groups in total. The third-order valence-corrected chi connectivity index (χ3v) is 7.27. The second kappa shape index (κ2) is 10.6. The summed E-state index contributed by atoms with van der Waals surface area (Å²) in [4.78, 5) is 4.89. The molecule has 3 heteroatoms. The maximum absolute atomic E-state index is 6.41. The van der Waals surface area contributed by atoms with Crippen LogP contribution < -0.4 is 15.3 Å². The van der Waals surface area contributed by atoms with Gasteiger partial charge in [-0.2, -0.15) is 0 Å². The summed E-state index contributed by atoms with van der Waals surface area (Å²) in [5.41, 5.74) is 5.71. The fourth-order valence-corrected chi connectivity index (χ4v) is 5.43. The number of aliphatic imine (C=N–C) groups is 1. The van der Waals surface area contributed by atoms with Gasteiger partial charge in [0.1, 0.15) is 5.75 Å². The first-order valence-corrected chi connectivity index (χ1v) is 12.1. The number of hydrogen-bond acceptors (Lipinski definition) is 2. The Balaban J connectivity index is 1.63. The van der Waals surface area contributed by atoms with Crippen LogP contribution in [0.25, 0.3) is 0 Å². The number of para-hydroxylation sites is 2. The second-order valence-corrected chi connectivity index (χ2v) is 9.52. The summed E-state index contributed by atoms with van der Waals surface area (Å²) >= 11 is 0. The Morgan fingerprint density at radius 2 is 1.72 bits per heavy atom. The molecule has 3 aromatic rings. The number of hydrogen-bond donors (Lipinski definition) is 0. The summed E-state index contributed by atoms with van der Waals surface area (Å²) < 4.78 is 6.41. The van der Waals surface area contributed by atoms with Gasteiger partial charge < -0.3 is 4.74 Å². The van der Waals surface area contributed by atoms with E-state index in [9.17, 15) is 0 Å². The molecule has 0 fully saturated rings. The Labute approximate surface area is 193 Å². The highest BCUT2D eigenvalue weighted by atomic mass is 31.1. The van der Waals surface area contributed by atoms with Gasteiger partial charge in [0, 0.05) is 22.5 Å². The van der Waals surface area contributed by atoms with Crippen molar-refractivity contribution >= 4 is 30.6 Å². The predicted molar refractivity (Wildman–Crippen MR) is 140 cm³/mol. The van der Waals surface area contributed by atoms with Gasteiger partial charge in [0.05, 0.1) is 12.3 Å². The molecule has 4 rings (SSSR count). The van der Waals surface area contributed by atoms with Crippen molar-refractivity contribution in [1.82, 2.24) is 0 Å². The van der Waals surface area contributed by atoms with E-state index in [0.29, 0.717) is 21.1 Å². The molecular weight excluding hydrogens is 409 g/mol. The first-order valence-electron chi connectivity index (χ1n) is 11.1. The van der Waals surface area contributed by atoms with E-state index in [2.05, 4.69) is 81.5 Å². The zero-order chi connectivity index (χ0) is 22.3. The summed E-state index contributed by atoms with van der Waals surface area (Å²) in [6, 6.07) is 23.1. The van der Waals surface area contributed by atoms with Crippen molar-refractivity contribution in [3.63, 3.8) is 0 Å². The highest BCUT2D eigenvalue weighted by molar-refractivity contribution is 7.56. The number of allylic oxidation sites excluding steroid dienone is 3. The van der Waals surface area contributed by atoms with Crippen LogP contribution >= 0.6 is 8.58 Å². The van der Waals surface area contributed by atoms with Gasteiger partial charge >= 0.3 is 0 Å². The van der Waals surface area contributed by atoms with Gasteiger partial charge in [-0.05, 0) is 55.8 Å². The Hall–Kier alpha value is -2.96. The molecule has 0 saturated carbocycles. The van der Waals surface area contributed by atoms with Crippen LogP contribution in [-0.2, 0) is 0 Å². The van der Waals surface area contributed by atoms with Crippen LogP contribution in [0.5, 0.6) is 5.75 Å². The third-order valence-electron chi connectivity index (χ3n) is 5.70. The average molecular weight is 440 g/mol. The molecule has 1 aliphatic carbocycles. The largest absolute Gasteiger partial charge is 0.492 e. The van der Waals surface area contributed by atoms with Crippen molar-refractivity contribution in [2.24, 2.45) is 10.9 Å². The van der Waals surface area contributed by atoms with Gasteiger partial charge in [-0.15, -0.1) is 0 Å². The van der Waals surface area contributed by atoms with Crippen LogP contribution in [0, 0.1) is 19.8 Å². The van der Waals surface area contributed by atoms with Crippen LogP contribution in [0.4, 0.5) is 5.69 Å². The summed E-state index contributed by atoms with van der Waals surface area (Å²) in [5, 5.41) is 2.59. The van der Waals surface area contributed by atoms with Gasteiger partial charge in [0.2, 0.25) is 0 Å². The van der Waals surface area contributed by atoms with E-state index < -0.39 is 0 Å². The van der Waals surface area contributed by atoms with E-state index >= 15 is 0 Å². The van der Waals surface area contributed by atoms with Crippen LogP contribution in [0.1, 0.15) is 30.0 Å². The van der Waals surface area contributed by atoms with Crippen molar-refractivity contribution < 1.29 is 4.74 Å².